The summed E-state index contributed by atoms with van der Waals surface area (Å²) in [5, 5.41) is 11.5. The van der Waals surface area contributed by atoms with E-state index >= 15 is 0 Å². The Morgan fingerprint density at radius 1 is 1.25 bits per heavy atom. The van der Waals surface area contributed by atoms with Gasteiger partial charge in [-0.25, -0.2) is 9.78 Å². The second-order valence-corrected chi connectivity index (χ2v) is 9.28. The molecular formula is C22H34N6O4. The molecule has 0 saturated carbocycles. The van der Waals surface area contributed by atoms with Crippen molar-refractivity contribution in [1.82, 2.24) is 20.1 Å². The standard InChI is InChI=1S/C22H34N6O4/c1-14(2)18(25-21(31)32)19(29)28-9-5-8-22(28,4)20(30)26-10-11-27(15(3)13-26)17-7-6-16(23)12-24-17/h6-7,12,14-15,18,25H,5,8-11,13,23H2,1-4H3,(H,31,32). The predicted molar refractivity (Wildman–Crippen MR) is 121 cm³/mol. The Morgan fingerprint density at radius 3 is 2.53 bits per heavy atom. The molecule has 176 valence electrons. The van der Waals surface area contributed by atoms with Gasteiger partial charge in [0.1, 0.15) is 17.4 Å². The number of aromatic nitrogens is 1. The Hall–Kier alpha value is -3.04. The minimum absolute atomic E-state index is 0.0510. The number of anilines is 2. The Balaban J connectivity index is 1.73. The van der Waals surface area contributed by atoms with E-state index in [0.717, 1.165) is 5.82 Å². The van der Waals surface area contributed by atoms with Crippen LogP contribution in [0.4, 0.5) is 16.3 Å². The zero-order chi connectivity index (χ0) is 23.6. The van der Waals surface area contributed by atoms with Crippen molar-refractivity contribution in [3.63, 3.8) is 0 Å². The molecule has 2 fully saturated rings. The molecule has 0 spiro atoms. The molecule has 2 aliphatic heterocycles. The molecule has 10 heteroatoms. The van der Waals surface area contributed by atoms with Crippen LogP contribution in [0.15, 0.2) is 18.3 Å². The van der Waals surface area contributed by atoms with E-state index in [-0.39, 0.29) is 23.8 Å². The van der Waals surface area contributed by atoms with E-state index in [1.54, 1.807) is 31.9 Å². The van der Waals surface area contributed by atoms with Crippen LogP contribution in [0.25, 0.3) is 0 Å². The van der Waals surface area contributed by atoms with Crippen LogP contribution in [0.1, 0.15) is 40.5 Å². The third-order valence-electron chi connectivity index (χ3n) is 6.56. The number of amides is 3. The molecule has 1 aromatic rings. The van der Waals surface area contributed by atoms with E-state index in [0.29, 0.717) is 44.7 Å². The molecule has 1 aromatic heterocycles. The van der Waals surface area contributed by atoms with Crippen molar-refractivity contribution in [2.45, 2.75) is 58.2 Å². The molecule has 2 saturated heterocycles. The number of nitrogens with zero attached hydrogens (tertiary/aromatic N) is 4. The number of likely N-dealkylation sites (tertiary alicyclic amines) is 1. The lowest BCUT2D eigenvalue weighted by Crippen LogP contribution is -2.64. The summed E-state index contributed by atoms with van der Waals surface area (Å²) in [7, 11) is 0. The second kappa shape index (κ2) is 9.22. The van der Waals surface area contributed by atoms with Crippen LogP contribution in [0, 0.1) is 5.92 Å². The number of carbonyl (C=O) groups is 3. The smallest absolute Gasteiger partial charge is 0.405 e. The van der Waals surface area contributed by atoms with Gasteiger partial charge in [0.15, 0.2) is 0 Å². The topological polar surface area (TPSA) is 132 Å². The highest BCUT2D eigenvalue weighted by atomic mass is 16.4. The number of rotatable bonds is 5. The average molecular weight is 447 g/mol. The van der Waals surface area contributed by atoms with Crippen LogP contribution in [0.2, 0.25) is 0 Å². The van der Waals surface area contributed by atoms with Gasteiger partial charge in [0, 0.05) is 32.2 Å². The minimum Gasteiger partial charge on any atom is -0.465 e. The lowest BCUT2D eigenvalue weighted by atomic mass is 9.93. The number of hydrogen-bond donors (Lipinski definition) is 3. The van der Waals surface area contributed by atoms with Crippen molar-refractivity contribution in [2.75, 3.05) is 36.8 Å². The van der Waals surface area contributed by atoms with Gasteiger partial charge in [-0.3, -0.25) is 9.59 Å². The van der Waals surface area contributed by atoms with Crippen LogP contribution in [0.5, 0.6) is 0 Å². The van der Waals surface area contributed by atoms with Crippen LogP contribution in [-0.4, -0.2) is 81.6 Å². The fourth-order valence-electron chi connectivity index (χ4n) is 4.74. The number of nitrogen functional groups attached to an aromatic ring is 1. The number of pyridine rings is 1. The maximum absolute atomic E-state index is 13.6. The SMILES string of the molecule is CC(C)C(NC(=O)O)C(=O)N1CCCC1(C)C(=O)N1CCN(c2ccc(N)cn2)C(C)C1. The number of carboxylic acid groups (broad SMARTS) is 1. The summed E-state index contributed by atoms with van der Waals surface area (Å²) in [6, 6.07) is 2.86. The van der Waals surface area contributed by atoms with Gasteiger partial charge >= 0.3 is 6.09 Å². The maximum Gasteiger partial charge on any atom is 0.405 e. The molecule has 10 nitrogen and oxygen atoms in total. The largest absolute Gasteiger partial charge is 0.465 e. The first kappa shape index (κ1) is 23.6. The average Bonchev–Trinajstić information content (AvgIpc) is 3.14. The molecule has 0 bridgehead atoms. The van der Waals surface area contributed by atoms with E-state index in [1.807, 2.05) is 24.0 Å². The first-order valence-electron chi connectivity index (χ1n) is 11.1. The third-order valence-corrected chi connectivity index (χ3v) is 6.56. The zero-order valence-electron chi connectivity index (χ0n) is 19.2. The van der Waals surface area contributed by atoms with Crippen molar-refractivity contribution in [3.8, 4) is 0 Å². The summed E-state index contributed by atoms with van der Waals surface area (Å²) in [6.07, 6.45) is 1.64. The van der Waals surface area contributed by atoms with Crippen LogP contribution >= 0.6 is 0 Å². The summed E-state index contributed by atoms with van der Waals surface area (Å²) < 4.78 is 0. The molecule has 4 N–H and O–H groups in total. The second-order valence-electron chi connectivity index (χ2n) is 9.28. The molecule has 0 aliphatic carbocycles. The molecule has 0 radical (unpaired) electrons. The van der Waals surface area contributed by atoms with E-state index in [1.165, 1.54) is 0 Å². The lowest BCUT2D eigenvalue weighted by Gasteiger charge is -2.45. The van der Waals surface area contributed by atoms with Gasteiger partial charge in [-0.2, -0.15) is 0 Å². The van der Waals surface area contributed by atoms with Gasteiger partial charge < -0.3 is 30.9 Å². The Kier molecular flexibility index (Phi) is 6.80. The number of piperazine rings is 1. The van der Waals surface area contributed by atoms with Crippen LogP contribution in [-0.2, 0) is 9.59 Å². The summed E-state index contributed by atoms with van der Waals surface area (Å²) in [5.74, 6) is 0.170. The van der Waals surface area contributed by atoms with E-state index in [9.17, 15) is 14.4 Å². The number of nitrogens with two attached hydrogens (primary N) is 1. The summed E-state index contributed by atoms with van der Waals surface area (Å²) in [5.41, 5.74) is 5.36. The van der Waals surface area contributed by atoms with Crippen LogP contribution in [0.3, 0.4) is 0 Å². The third kappa shape index (κ3) is 4.58. The molecule has 3 atom stereocenters. The fraction of sp³-hybridized carbons (Fsp3) is 0.636. The van der Waals surface area contributed by atoms with E-state index in [4.69, 9.17) is 10.8 Å². The Morgan fingerprint density at radius 2 is 1.97 bits per heavy atom. The zero-order valence-corrected chi connectivity index (χ0v) is 19.2. The Bertz CT molecular complexity index is 860. The van der Waals surface area contributed by atoms with Gasteiger partial charge in [0.05, 0.1) is 11.9 Å². The first-order valence-corrected chi connectivity index (χ1v) is 11.1. The normalized spacial score (nSPS) is 24.5. The highest BCUT2D eigenvalue weighted by Gasteiger charge is 2.50. The highest BCUT2D eigenvalue weighted by molar-refractivity contribution is 5.94. The van der Waals surface area contributed by atoms with Gasteiger partial charge in [-0.05, 0) is 44.7 Å². The van der Waals surface area contributed by atoms with Gasteiger partial charge in [-0.1, -0.05) is 13.8 Å². The van der Waals surface area contributed by atoms with Crippen molar-refractivity contribution in [3.05, 3.63) is 18.3 Å². The van der Waals surface area contributed by atoms with Gasteiger partial charge in [0.2, 0.25) is 11.8 Å². The molecule has 32 heavy (non-hydrogen) atoms. The molecule has 3 unspecified atom stereocenters. The van der Waals surface area contributed by atoms with E-state index < -0.39 is 17.7 Å². The van der Waals surface area contributed by atoms with Gasteiger partial charge in [0.25, 0.3) is 0 Å². The maximum atomic E-state index is 13.6. The van der Waals surface area contributed by atoms with E-state index in [2.05, 4.69) is 15.2 Å². The number of nitrogens with one attached hydrogen (secondary N) is 1. The quantitative estimate of drug-likeness (QED) is 0.622. The molecule has 2 aliphatic rings. The molecule has 3 rings (SSSR count). The molecule has 0 aromatic carbocycles. The summed E-state index contributed by atoms with van der Waals surface area (Å²) >= 11 is 0. The van der Waals surface area contributed by atoms with Crippen molar-refractivity contribution in [2.24, 2.45) is 5.92 Å². The Labute approximate surface area is 188 Å². The molecule has 3 heterocycles. The van der Waals surface area contributed by atoms with Crippen molar-refractivity contribution >= 4 is 29.4 Å². The summed E-state index contributed by atoms with van der Waals surface area (Å²) in [4.78, 5) is 48.0. The first-order chi connectivity index (χ1) is 15.0. The fourth-order valence-corrected chi connectivity index (χ4v) is 4.74. The monoisotopic (exact) mass is 446 g/mol. The van der Waals surface area contributed by atoms with Gasteiger partial charge in [-0.15, -0.1) is 0 Å². The summed E-state index contributed by atoms with van der Waals surface area (Å²) in [6.45, 7) is 9.54. The number of carbonyl (C=O) groups excluding carboxylic acids is 2. The minimum atomic E-state index is -1.24. The predicted octanol–water partition coefficient (Wildman–Crippen LogP) is 1.37. The van der Waals surface area contributed by atoms with Crippen molar-refractivity contribution in [1.29, 1.82) is 0 Å². The molecule has 3 amide bonds. The molecular weight excluding hydrogens is 412 g/mol. The number of hydrogen-bond acceptors (Lipinski definition) is 6. The lowest BCUT2D eigenvalue weighted by molar-refractivity contribution is -0.152. The highest BCUT2D eigenvalue weighted by Crippen LogP contribution is 2.33. The van der Waals surface area contributed by atoms with Crippen LogP contribution < -0.4 is 16.0 Å². The van der Waals surface area contributed by atoms with Crippen molar-refractivity contribution < 1.29 is 19.5 Å².